The molecule has 0 radical (unpaired) electrons. The third-order valence-electron chi connectivity index (χ3n) is 4.27. The lowest BCUT2D eigenvalue weighted by molar-refractivity contribution is -0.142. The molecule has 1 amide bonds. The second kappa shape index (κ2) is 8.22. The number of nitrogens with one attached hydrogen (secondary N) is 1. The summed E-state index contributed by atoms with van der Waals surface area (Å²) in [5, 5.41) is 3.07. The average molecular weight is 389 g/mol. The van der Waals surface area contributed by atoms with Gasteiger partial charge in [0.2, 0.25) is 0 Å². The van der Waals surface area contributed by atoms with Crippen molar-refractivity contribution in [3.05, 3.63) is 46.3 Å². The van der Waals surface area contributed by atoms with E-state index in [2.05, 4.69) is 5.32 Å². The number of esters is 2. The van der Waals surface area contributed by atoms with Crippen LogP contribution in [0.15, 0.2) is 30.3 Å². The second-order valence-corrected chi connectivity index (χ2v) is 7.00. The first-order valence-electron chi connectivity index (χ1n) is 8.34. The molecule has 0 unspecified atom stereocenters. The van der Waals surface area contributed by atoms with Gasteiger partial charge in [-0.1, -0.05) is 18.2 Å². The number of hydrogen-bond donors (Lipinski definition) is 1. The fourth-order valence-electron chi connectivity index (χ4n) is 3.06. The van der Waals surface area contributed by atoms with E-state index in [4.69, 9.17) is 14.2 Å². The van der Waals surface area contributed by atoms with Crippen molar-refractivity contribution >= 4 is 34.2 Å². The summed E-state index contributed by atoms with van der Waals surface area (Å²) < 4.78 is 15.1. The first-order chi connectivity index (χ1) is 13.0. The molecule has 0 aliphatic heterocycles. The maximum Gasteiger partial charge on any atom is 0.341 e. The number of fused-ring (bicyclic) bond motifs is 1. The SMILES string of the molecule is COC(=O)c1c(NC(=O)COc2ccccc2)sc2c1[C@@H](C(=O)OC)CC2. The molecule has 8 heteroatoms. The second-order valence-electron chi connectivity index (χ2n) is 5.90. The van der Waals surface area contributed by atoms with Crippen molar-refractivity contribution in [3.8, 4) is 5.75 Å². The van der Waals surface area contributed by atoms with Crippen LogP contribution in [-0.4, -0.2) is 38.7 Å². The molecule has 2 aromatic rings. The highest BCUT2D eigenvalue weighted by Crippen LogP contribution is 2.45. The number of ether oxygens (including phenoxy) is 3. The highest BCUT2D eigenvalue weighted by atomic mass is 32.1. The molecular formula is C19H19NO6S. The number of amides is 1. The van der Waals surface area contributed by atoms with Gasteiger partial charge in [0.05, 0.1) is 25.7 Å². The summed E-state index contributed by atoms with van der Waals surface area (Å²) in [5.74, 6) is -1.36. The Kier molecular flexibility index (Phi) is 5.75. The number of thiophene rings is 1. The van der Waals surface area contributed by atoms with Crippen LogP contribution in [-0.2, 0) is 25.5 Å². The monoisotopic (exact) mass is 389 g/mol. The summed E-state index contributed by atoms with van der Waals surface area (Å²) in [4.78, 5) is 37.5. The molecule has 142 valence electrons. The van der Waals surface area contributed by atoms with Gasteiger partial charge in [0.15, 0.2) is 6.61 Å². The van der Waals surface area contributed by atoms with Gasteiger partial charge < -0.3 is 19.5 Å². The van der Waals surface area contributed by atoms with Crippen LogP contribution >= 0.6 is 11.3 Å². The fourth-order valence-corrected chi connectivity index (χ4v) is 4.34. The Labute approximate surface area is 160 Å². The molecular weight excluding hydrogens is 370 g/mol. The maximum atomic E-state index is 12.3. The third-order valence-corrected chi connectivity index (χ3v) is 5.45. The van der Waals surface area contributed by atoms with E-state index in [0.717, 1.165) is 4.88 Å². The van der Waals surface area contributed by atoms with Gasteiger partial charge in [-0.2, -0.15) is 0 Å². The van der Waals surface area contributed by atoms with Crippen LogP contribution < -0.4 is 10.1 Å². The smallest absolute Gasteiger partial charge is 0.341 e. The van der Waals surface area contributed by atoms with Crippen LogP contribution in [0.25, 0.3) is 0 Å². The topological polar surface area (TPSA) is 90.9 Å². The minimum Gasteiger partial charge on any atom is -0.484 e. The van der Waals surface area contributed by atoms with Gasteiger partial charge in [0.1, 0.15) is 10.8 Å². The van der Waals surface area contributed by atoms with Gasteiger partial charge in [-0.05, 0) is 30.5 Å². The minimum absolute atomic E-state index is 0.201. The summed E-state index contributed by atoms with van der Waals surface area (Å²) in [6, 6.07) is 8.95. The Morgan fingerprint density at radius 2 is 1.89 bits per heavy atom. The number of hydrogen-bond acceptors (Lipinski definition) is 7. The van der Waals surface area contributed by atoms with E-state index < -0.39 is 23.8 Å². The molecule has 1 aliphatic rings. The number of aryl methyl sites for hydroxylation is 1. The van der Waals surface area contributed by atoms with Gasteiger partial charge in [-0.25, -0.2) is 4.79 Å². The number of carbonyl (C=O) groups is 3. The van der Waals surface area contributed by atoms with Crippen molar-refractivity contribution in [2.75, 3.05) is 26.1 Å². The van der Waals surface area contributed by atoms with Gasteiger partial charge in [0.25, 0.3) is 5.91 Å². The average Bonchev–Trinajstić information content (AvgIpc) is 3.24. The Morgan fingerprint density at radius 1 is 1.15 bits per heavy atom. The summed E-state index contributed by atoms with van der Waals surface area (Å²) in [6.07, 6.45) is 1.21. The molecule has 0 bridgehead atoms. The normalized spacial score (nSPS) is 15.0. The van der Waals surface area contributed by atoms with Crippen molar-refractivity contribution < 1.29 is 28.6 Å². The van der Waals surface area contributed by atoms with E-state index in [1.165, 1.54) is 25.6 Å². The van der Waals surface area contributed by atoms with Crippen molar-refractivity contribution in [3.63, 3.8) is 0 Å². The number of anilines is 1. The molecule has 0 saturated carbocycles. The highest BCUT2D eigenvalue weighted by Gasteiger charge is 2.38. The Bertz CT molecular complexity index is 861. The van der Waals surface area contributed by atoms with Crippen LogP contribution in [0.5, 0.6) is 5.75 Å². The molecule has 0 fully saturated rings. The standard InChI is InChI=1S/C19H19NO6S/c1-24-18(22)12-8-9-13-15(12)16(19(23)25-2)17(27-13)20-14(21)10-26-11-6-4-3-5-7-11/h3-7,12H,8-10H2,1-2H3,(H,20,21)/t12-/m0/s1. The molecule has 1 aliphatic carbocycles. The summed E-state index contributed by atoms with van der Waals surface area (Å²) >= 11 is 1.28. The zero-order valence-corrected chi connectivity index (χ0v) is 15.8. The zero-order chi connectivity index (χ0) is 19.4. The van der Waals surface area contributed by atoms with Crippen LogP contribution in [0.1, 0.15) is 33.1 Å². The Balaban J connectivity index is 1.80. The number of para-hydroxylation sites is 1. The van der Waals surface area contributed by atoms with Crippen LogP contribution in [0.2, 0.25) is 0 Å². The third kappa shape index (κ3) is 3.95. The Hall–Kier alpha value is -2.87. The van der Waals surface area contributed by atoms with E-state index in [0.29, 0.717) is 29.2 Å². The van der Waals surface area contributed by atoms with E-state index in [-0.39, 0.29) is 12.2 Å². The quantitative estimate of drug-likeness (QED) is 0.764. The molecule has 3 rings (SSSR count). The number of methoxy groups -OCH3 is 2. The lowest BCUT2D eigenvalue weighted by Crippen LogP contribution is -2.22. The first-order valence-corrected chi connectivity index (χ1v) is 9.16. The van der Waals surface area contributed by atoms with Crippen molar-refractivity contribution in [2.45, 2.75) is 18.8 Å². The summed E-state index contributed by atoms with van der Waals surface area (Å²) in [6.45, 7) is -0.201. The lowest BCUT2D eigenvalue weighted by atomic mass is 9.99. The first kappa shape index (κ1) is 18.9. The minimum atomic E-state index is -0.595. The number of benzene rings is 1. The number of carbonyl (C=O) groups excluding carboxylic acids is 3. The summed E-state index contributed by atoms with van der Waals surface area (Å²) in [7, 11) is 2.58. The van der Waals surface area contributed by atoms with Gasteiger partial charge >= 0.3 is 11.9 Å². The van der Waals surface area contributed by atoms with Crippen molar-refractivity contribution in [1.29, 1.82) is 0 Å². The molecule has 1 aromatic carbocycles. The van der Waals surface area contributed by atoms with Gasteiger partial charge in [-0.15, -0.1) is 11.3 Å². The zero-order valence-electron chi connectivity index (χ0n) is 14.9. The van der Waals surface area contributed by atoms with Crippen LogP contribution in [0, 0.1) is 0 Å². The van der Waals surface area contributed by atoms with E-state index in [1.807, 2.05) is 6.07 Å². The van der Waals surface area contributed by atoms with Crippen LogP contribution in [0.4, 0.5) is 5.00 Å². The lowest BCUT2D eigenvalue weighted by Gasteiger charge is -2.12. The highest BCUT2D eigenvalue weighted by molar-refractivity contribution is 7.17. The van der Waals surface area contributed by atoms with E-state index in [9.17, 15) is 14.4 Å². The van der Waals surface area contributed by atoms with E-state index in [1.54, 1.807) is 24.3 Å². The van der Waals surface area contributed by atoms with Crippen molar-refractivity contribution in [2.24, 2.45) is 0 Å². The Morgan fingerprint density at radius 3 is 2.56 bits per heavy atom. The predicted octanol–water partition coefficient (Wildman–Crippen LogP) is 2.76. The predicted molar refractivity (Wildman–Crippen MR) is 99.3 cm³/mol. The van der Waals surface area contributed by atoms with Crippen molar-refractivity contribution in [1.82, 2.24) is 0 Å². The molecule has 1 atom stereocenters. The molecule has 27 heavy (non-hydrogen) atoms. The van der Waals surface area contributed by atoms with Gasteiger partial charge in [-0.3, -0.25) is 9.59 Å². The van der Waals surface area contributed by atoms with Crippen LogP contribution in [0.3, 0.4) is 0 Å². The van der Waals surface area contributed by atoms with E-state index >= 15 is 0 Å². The maximum absolute atomic E-state index is 12.3. The molecule has 1 heterocycles. The molecule has 1 aromatic heterocycles. The number of rotatable bonds is 6. The van der Waals surface area contributed by atoms with Gasteiger partial charge in [0, 0.05) is 4.88 Å². The molecule has 7 nitrogen and oxygen atoms in total. The molecule has 1 N–H and O–H groups in total. The fraction of sp³-hybridized carbons (Fsp3) is 0.316. The molecule has 0 spiro atoms. The molecule has 0 saturated heterocycles. The largest absolute Gasteiger partial charge is 0.484 e. The summed E-state index contributed by atoms with van der Waals surface area (Å²) in [5.41, 5.74) is 0.816.